The van der Waals surface area contributed by atoms with Gasteiger partial charge in [-0.15, -0.1) is 0 Å². The van der Waals surface area contributed by atoms with Crippen LogP contribution in [0.15, 0.2) is 48.2 Å². The largest absolute Gasteiger partial charge is 0.351 e. The zero-order valence-electron chi connectivity index (χ0n) is 14.3. The third-order valence-electron chi connectivity index (χ3n) is 4.46. The molecule has 0 bridgehead atoms. The topological polar surface area (TPSA) is 49.4 Å². The molecule has 1 aliphatic heterocycles. The monoisotopic (exact) mass is 320 g/mol. The van der Waals surface area contributed by atoms with Crippen molar-refractivity contribution in [2.24, 2.45) is 0 Å². The van der Waals surface area contributed by atoms with E-state index in [1.165, 1.54) is 16.5 Å². The van der Waals surface area contributed by atoms with Crippen molar-refractivity contribution >= 4 is 23.2 Å². The smallest absolute Gasteiger partial charge is 0.281 e. The Morgan fingerprint density at radius 3 is 2.04 bits per heavy atom. The van der Waals surface area contributed by atoms with Crippen molar-refractivity contribution in [3.63, 3.8) is 0 Å². The Kier molecular flexibility index (Phi) is 3.97. The van der Waals surface area contributed by atoms with Gasteiger partial charge in [-0.3, -0.25) is 9.59 Å². The highest BCUT2D eigenvalue weighted by Crippen LogP contribution is 2.26. The molecule has 0 saturated heterocycles. The molecule has 0 atom stereocenters. The Hall–Kier alpha value is -2.88. The summed E-state index contributed by atoms with van der Waals surface area (Å²) in [5.74, 6) is -0.656. The van der Waals surface area contributed by atoms with E-state index in [-0.39, 0.29) is 11.8 Å². The number of nitrogens with zero attached hydrogens (tertiary/aromatic N) is 1. The van der Waals surface area contributed by atoms with Gasteiger partial charge in [0, 0.05) is 11.8 Å². The highest BCUT2D eigenvalue weighted by atomic mass is 16.2. The lowest BCUT2D eigenvalue weighted by atomic mass is 10.1. The summed E-state index contributed by atoms with van der Waals surface area (Å²) in [7, 11) is 0. The first-order chi connectivity index (χ1) is 11.4. The van der Waals surface area contributed by atoms with Crippen LogP contribution in [0.5, 0.6) is 0 Å². The molecule has 122 valence electrons. The van der Waals surface area contributed by atoms with Gasteiger partial charge < -0.3 is 5.32 Å². The van der Waals surface area contributed by atoms with Crippen LogP contribution in [0, 0.1) is 27.7 Å². The molecule has 0 aliphatic carbocycles. The summed E-state index contributed by atoms with van der Waals surface area (Å²) in [5, 5.41) is 3.06. The normalized spacial score (nSPS) is 14.2. The van der Waals surface area contributed by atoms with Crippen molar-refractivity contribution in [2.75, 3.05) is 10.2 Å². The van der Waals surface area contributed by atoms with Crippen molar-refractivity contribution in [2.45, 2.75) is 27.7 Å². The molecule has 0 aromatic heterocycles. The Bertz CT molecular complexity index is 881. The van der Waals surface area contributed by atoms with Gasteiger partial charge in [0.25, 0.3) is 11.8 Å². The molecule has 0 saturated carbocycles. The molecule has 24 heavy (non-hydrogen) atoms. The predicted octanol–water partition coefficient (Wildman–Crippen LogP) is 3.79. The molecule has 0 fully saturated rings. The zero-order valence-corrected chi connectivity index (χ0v) is 14.3. The second-order valence-electron chi connectivity index (χ2n) is 6.23. The standard InChI is InChI=1S/C20H20N2O2/c1-12-5-7-16(9-14(12)3)21-18-11-19(23)22(20(18)24)17-8-6-13(2)15(4)10-17/h5-11,21H,1-4H3. The number of nitrogens with one attached hydrogen (secondary N) is 1. The third kappa shape index (κ3) is 2.83. The first-order valence-corrected chi connectivity index (χ1v) is 7.88. The van der Waals surface area contributed by atoms with E-state index < -0.39 is 0 Å². The SMILES string of the molecule is Cc1ccc(NC2=CC(=O)N(c3ccc(C)c(C)c3)C2=O)cc1C. The predicted molar refractivity (Wildman–Crippen MR) is 96.0 cm³/mol. The van der Waals surface area contributed by atoms with Gasteiger partial charge in [0.15, 0.2) is 0 Å². The first-order valence-electron chi connectivity index (χ1n) is 7.88. The number of rotatable bonds is 3. The molecule has 2 aromatic rings. The Balaban J connectivity index is 1.86. The van der Waals surface area contributed by atoms with Crippen LogP contribution < -0.4 is 10.2 Å². The molecule has 0 unspecified atom stereocenters. The Morgan fingerprint density at radius 1 is 0.792 bits per heavy atom. The summed E-state index contributed by atoms with van der Waals surface area (Å²) in [5.41, 5.74) is 6.17. The third-order valence-corrected chi connectivity index (χ3v) is 4.46. The van der Waals surface area contributed by atoms with E-state index in [0.717, 1.165) is 22.4 Å². The first kappa shape index (κ1) is 16.0. The van der Waals surface area contributed by atoms with E-state index in [1.54, 1.807) is 6.07 Å². The minimum Gasteiger partial charge on any atom is -0.351 e. The van der Waals surface area contributed by atoms with Crippen LogP contribution in [-0.4, -0.2) is 11.8 Å². The van der Waals surface area contributed by atoms with Gasteiger partial charge in [-0.25, -0.2) is 4.90 Å². The molecule has 0 radical (unpaired) electrons. The molecule has 1 N–H and O–H groups in total. The van der Waals surface area contributed by atoms with Gasteiger partial charge in [-0.05, 0) is 74.2 Å². The number of hydrogen-bond acceptors (Lipinski definition) is 3. The molecular formula is C20H20N2O2. The molecular weight excluding hydrogens is 300 g/mol. The molecule has 1 aliphatic rings. The summed E-state index contributed by atoms with van der Waals surface area (Å²) in [6, 6.07) is 11.4. The van der Waals surface area contributed by atoms with Crippen LogP contribution in [0.2, 0.25) is 0 Å². The lowest BCUT2D eigenvalue weighted by Gasteiger charge is -2.16. The molecule has 4 nitrogen and oxygen atoms in total. The van der Waals surface area contributed by atoms with E-state index in [9.17, 15) is 9.59 Å². The van der Waals surface area contributed by atoms with E-state index in [0.29, 0.717) is 11.4 Å². The number of anilines is 2. The van der Waals surface area contributed by atoms with E-state index in [4.69, 9.17) is 0 Å². The van der Waals surface area contributed by atoms with Crippen molar-refractivity contribution in [1.82, 2.24) is 0 Å². The van der Waals surface area contributed by atoms with Crippen molar-refractivity contribution in [1.29, 1.82) is 0 Å². The fourth-order valence-electron chi connectivity index (χ4n) is 2.64. The minimum absolute atomic E-state index is 0.293. The average Bonchev–Trinajstić information content (AvgIpc) is 2.80. The summed E-state index contributed by atoms with van der Waals surface area (Å²) in [4.78, 5) is 26.1. The highest BCUT2D eigenvalue weighted by molar-refractivity contribution is 6.31. The summed E-state index contributed by atoms with van der Waals surface area (Å²) in [6.45, 7) is 8.01. The molecule has 1 heterocycles. The van der Waals surface area contributed by atoms with Gasteiger partial charge in [0.2, 0.25) is 0 Å². The number of benzene rings is 2. The molecule has 0 spiro atoms. The fraction of sp³-hybridized carbons (Fsp3) is 0.200. The molecule has 4 heteroatoms. The molecule has 2 aromatic carbocycles. The number of amides is 2. The zero-order chi connectivity index (χ0) is 17.4. The Morgan fingerprint density at radius 2 is 1.42 bits per heavy atom. The van der Waals surface area contributed by atoms with Gasteiger partial charge in [0.1, 0.15) is 5.70 Å². The highest BCUT2D eigenvalue weighted by Gasteiger charge is 2.32. The lowest BCUT2D eigenvalue weighted by molar-refractivity contribution is -0.120. The van der Waals surface area contributed by atoms with Crippen LogP contribution in [0.4, 0.5) is 11.4 Å². The number of carbonyl (C=O) groups is 2. The average molecular weight is 320 g/mol. The van der Waals surface area contributed by atoms with Crippen molar-refractivity contribution in [3.8, 4) is 0 Å². The van der Waals surface area contributed by atoms with Crippen LogP contribution >= 0.6 is 0 Å². The summed E-state index contributed by atoms with van der Waals surface area (Å²) >= 11 is 0. The second kappa shape index (κ2) is 5.96. The van der Waals surface area contributed by atoms with E-state index in [1.807, 2.05) is 58.0 Å². The lowest BCUT2D eigenvalue weighted by Crippen LogP contribution is -2.32. The summed E-state index contributed by atoms with van der Waals surface area (Å²) < 4.78 is 0. The number of carbonyl (C=O) groups excluding carboxylic acids is 2. The van der Waals surface area contributed by atoms with Crippen molar-refractivity contribution < 1.29 is 9.59 Å². The van der Waals surface area contributed by atoms with Gasteiger partial charge in [0.05, 0.1) is 5.69 Å². The summed E-state index contributed by atoms with van der Waals surface area (Å²) in [6.07, 6.45) is 1.35. The quantitative estimate of drug-likeness (QED) is 0.875. The van der Waals surface area contributed by atoms with Crippen molar-refractivity contribution in [3.05, 3.63) is 70.4 Å². The van der Waals surface area contributed by atoms with Gasteiger partial charge >= 0.3 is 0 Å². The maximum atomic E-state index is 12.6. The minimum atomic E-state index is -0.332. The van der Waals surface area contributed by atoms with Gasteiger partial charge in [-0.2, -0.15) is 0 Å². The van der Waals surface area contributed by atoms with Gasteiger partial charge in [-0.1, -0.05) is 12.1 Å². The molecule has 3 rings (SSSR count). The second-order valence-corrected chi connectivity index (χ2v) is 6.23. The Labute approximate surface area is 141 Å². The number of hydrogen-bond donors (Lipinski definition) is 1. The number of aryl methyl sites for hydroxylation is 4. The van der Waals surface area contributed by atoms with E-state index in [2.05, 4.69) is 5.32 Å². The molecule has 2 amide bonds. The van der Waals surface area contributed by atoms with Crippen LogP contribution in [0.25, 0.3) is 0 Å². The fourth-order valence-corrected chi connectivity index (χ4v) is 2.64. The maximum Gasteiger partial charge on any atom is 0.281 e. The van der Waals surface area contributed by atoms with Crippen LogP contribution in [0.1, 0.15) is 22.3 Å². The maximum absolute atomic E-state index is 12.6. The van der Waals surface area contributed by atoms with E-state index >= 15 is 0 Å². The van der Waals surface area contributed by atoms with Crippen LogP contribution in [-0.2, 0) is 9.59 Å². The number of imide groups is 1. The van der Waals surface area contributed by atoms with Crippen LogP contribution in [0.3, 0.4) is 0 Å².